The summed E-state index contributed by atoms with van der Waals surface area (Å²) >= 11 is 0. The lowest BCUT2D eigenvalue weighted by Gasteiger charge is -2.17. The Morgan fingerprint density at radius 2 is 1.81 bits per heavy atom. The summed E-state index contributed by atoms with van der Waals surface area (Å²) in [5, 5.41) is 0. The van der Waals surface area contributed by atoms with Crippen molar-refractivity contribution in [2.45, 2.75) is 32.7 Å². The number of amides is 1. The number of hydrogen-bond acceptors (Lipinski definition) is 1. The van der Waals surface area contributed by atoms with Gasteiger partial charge in [0.15, 0.2) is 0 Å². The van der Waals surface area contributed by atoms with Crippen molar-refractivity contribution in [1.82, 2.24) is 4.90 Å². The van der Waals surface area contributed by atoms with Gasteiger partial charge in [-0.15, -0.1) is 0 Å². The highest BCUT2D eigenvalue weighted by Crippen LogP contribution is 2.30. The normalized spacial score (nSPS) is 14.9. The molecule has 0 heterocycles. The van der Waals surface area contributed by atoms with Crippen LogP contribution in [0.2, 0.25) is 0 Å². The number of carbonyl (C=O) groups excluding carboxylic acids is 1. The highest BCUT2D eigenvalue weighted by Gasteiger charge is 2.31. The third kappa shape index (κ3) is 2.63. The minimum Gasteiger partial charge on any atom is -0.341 e. The van der Waals surface area contributed by atoms with Crippen LogP contribution in [-0.4, -0.2) is 17.9 Å². The van der Waals surface area contributed by atoms with Gasteiger partial charge < -0.3 is 4.90 Å². The van der Waals surface area contributed by atoms with Gasteiger partial charge in [-0.3, -0.25) is 4.79 Å². The fourth-order valence-electron chi connectivity index (χ4n) is 1.87. The molecule has 2 rings (SSSR count). The second-order valence-electron chi connectivity index (χ2n) is 4.64. The van der Waals surface area contributed by atoms with Crippen LogP contribution in [-0.2, 0) is 17.8 Å². The van der Waals surface area contributed by atoms with Gasteiger partial charge in [0.25, 0.3) is 0 Å². The zero-order chi connectivity index (χ0) is 11.5. The average Bonchev–Trinajstić information content (AvgIpc) is 3.13. The van der Waals surface area contributed by atoms with E-state index in [9.17, 15) is 4.79 Å². The maximum absolute atomic E-state index is 11.8. The number of hydrogen-bond donors (Lipinski definition) is 0. The molecule has 86 valence electrons. The monoisotopic (exact) mass is 217 g/mol. The third-order valence-corrected chi connectivity index (χ3v) is 3.15. The first-order chi connectivity index (χ1) is 7.70. The van der Waals surface area contributed by atoms with E-state index >= 15 is 0 Å². The molecule has 1 aromatic rings. The number of nitrogens with zero attached hydrogens (tertiary/aromatic N) is 1. The van der Waals surface area contributed by atoms with Crippen molar-refractivity contribution in [2.75, 3.05) is 7.05 Å². The second-order valence-corrected chi connectivity index (χ2v) is 4.64. The van der Waals surface area contributed by atoms with Crippen molar-refractivity contribution in [3.8, 4) is 0 Å². The molecule has 0 unspecified atom stereocenters. The number of benzene rings is 1. The zero-order valence-electron chi connectivity index (χ0n) is 10.1. The van der Waals surface area contributed by atoms with Gasteiger partial charge in [-0.25, -0.2) is 0 Å². The van der Waals surface area contributed by atoms with Gasteiger partial charge in [-0.1, -0.05) is 31.2 Å². The van der Waals surface area contributed by atoms with Crippen LogP contribution in [0.4, 0.5) is 0 Å². The highest BCUT2D eigenvalue weighted by molar-refractivity contribution is 5.80. The lowest BCUT2D eigenvalue weighted by atomic mass is 10.1. The van der Waals surface area contributed by atoms with Crippen LogP contribution in [0.25, 0.3) is 0 Å². The molecule has 0 N–H and O–H groups in total. The van der Waals surface area contributed by atoms with E-state index in [0.717, 1.165) is 25.8 Å². The zero-order valence-corrected chi connectivity index (χ0v) is 10.1. The van der Waals surface area contributed by atoms with Crippen molar-refractivity contribution in [3.05, 3.63) is 35.4 Å². The molecule has 0 spiro atoms. The van der Waals surface area contributed by atoms with Gasteiger partial charge in [-0.05, 0) is 30.4 Å². The summed E-state index contributed by atoms with van der Waals surface area (Å²) in [7, 11) is 1.90. The largest absolute Gasteiger partial charge is 0.341 e. The quantitative estimate of drug-likeness (QED) is 0.759. The van der Waals surface area contributed by atoms with E-state index < -0.39 is 0 Å². The van der Waals surface area contributed by atoms with E-state index in [0.29, 0.717) is 11.8 Å². The van der Waals surface area contributed by atoms with E-state index in [1.54, 1.807) is 0 Å². The Balaban J connectivity index is 1.94. The van der Waals surface area contributed by atoms with Gasteiger partial charge in [0, 0.05) is 19.5 Å². The molecule has 1 saturated carbocycles. The minimum atomic E-state index is 0.305. The second kappa shape index (κ2) is 4.69. The summed E-state index contributed by atoms with van der Waals surface area (Å²) in [6.07, 6.45) is 3.23. The maximum Gasteiger partial charge on any atom is 0.225 e. The van der Waals surface area contributed by atoms with E-state index in [-0.39, 0.29) is 0 Å². The summed E-state index contributed by atoms with van der Waals surface area (Å²) in [6.45, 7) is 2.89. The maximum atomic E-state index is 11.8. The molecule has 0 aliphatic heterocycles. The van der Waals surface area contributed by atoms with Crippen LogP contribution in [0.1, 0.15) is 30.9 Å². The Kier molecular flexibility index (Phi) is 3.28. The Morgan fingerprint density at radius 3 is 2.31 bits per heavy atom. The van der Waals surface area contributed by atoms with E-state index in [1.807, 2.05) is 11.9 Å². The van der Waals surface area contributed by atoms with Crippen LogP contribution in [0.15, 0.2) is 24.3 Å². The first-order valence-electron chi connectivity index (χ1n) is 6.03. The van der Waals surface area contributed by atoms with Crippen LogP contribution in [0, 0.1) is 5.92 Å². The molecule has 1 aromatic carbocycles. The molecule has 0 radical (unpaired) electrons. The van der Waals surface area contributed by atoms with Crippen LogP contribution >= 0.6 is 0 Å². The summed E-state index contributed by atoms with van der Waals surface area (Å²) in [5.41, 5.74) is 2.56. The van der Waals surface area contributed by atoms with E-state index in [1.165, 1.54) is 11.1 Å². The summed E-state index contributed by atoms with van der Waals surface area (Å²) in [6, 6.07) is 8.53. The number of carbonyl (C=O) groups is 1. The van der Waals surface area contributed by atoms with Crippen molar-refractivity contribution < 1.29 is 4.79 Å². The minimum absolute atomic E-state index is 0.305. The molecule has 0 atom stereocenters. The predicted octanol–water partition coefficient (Wildman–Crippen LogP) is 2.62. The number of rotatable bonds is 4. The molecule has 1 fully saturated rings. The molecule has 0 aromatic heterocycles. The molecular weight excluding hydrogens is 198 g/mol. The highest BCUT2D eigenvalue weighted by atomic mass is 16.2. The molecule has 0 saturated heterocycles. The summed E-state index contributed by atoms with van der Waals surface area (Å²) in [4.78, 5) is 13.6. The van der Waals surface area contributed by atoms with Crippen LogP contribution in [0.5, 0.6) is 0 Å². The molecule has 1 amide bonds. The lowest BCUT2D eigenvalue weighted by Crippen LogP contribution is -2.27. The van der Waals surface area contributed by atoms with Crippen molar-refractivity contribution in [1.29, 1.82) is 0 Å². The molecular formula is C14H19NO. The number of aryl methyl sites for hydroxylation is 1. The molecule has 2 heteroatoms. The summed E-state index contributed by atoms with van der Waals surface area (Å²) < 4.78 is 0. The van der Waals surface area contributed by atoms with Gasteiger partial charge in [0.2, 0.25) is 5.91 Å². The SMILES string of the molecule is CCc1ccc(CN(C)C(=O)C2CC2)cc1. The smallest absolute Gasteiger partial charge is 0.225 e. The standard InChI is InChI=1S/C14H19NO/c1-3-11-4-6-12(7-5-11)10-15(2)14(16)13-8-9-13/h4-7,13H,3,8-10H2,1-2H3. The fraction of sp³-hybridized carbons (Fsp3) is 0.500. The molecule has 16 heavy (non-hydrogen) atoms. The Labute approximate surface area is 97.3 Å². The summed E-state index contributed by atoms with van der Waals surface area (Å²) in [5.74, 6) is 0.625. The Hall–Kier alpha value is -1.31. The molecule has 2 nitrogen and oxygen atoms in total. The van der Waals surface area contributed by atoms with Crippen molar-refractivity contribution in [2.24, 2.45) is 5.92 Å². The average molecular weight is 217 g/mol. The lowest BCUT2D eigenvalue weighted by molar-refractivity contribution is -0.131. The van der Waals surface area contributed by atoms with E-state index in [4.69, 9.17) is 0 Å². The fourth-order valence-corrected chi connectivity index (χ4v) is 1.87. The van der Waals surface area contributed by atoms with Gasteiger partial charge >= 0.3 is 0 Å². The van der Waals surface area contributed by atoms with Gasteiger partial charge in [0.05, 0.1) is 0 Å². The first-order valence-corrected chi connectivity index (χ1v) is 6.03. The molecule has 1 aliphatic carbocycles. The van der Waals surface area contributed by atoms with Crippen molar-refractivity contribution in [3.63, 3.8) is 0 Å². The van der Waals surface area contributed by atoms with E-state index in [2.05, 4.69) is 31.2 Å². The van der Waals surface area contributed by atoms with Crippen LogP contribution < -0.4 is 0 Å². The third-order valence-electron chi connectivity index (χ3n) is 3.15. The van der Waals surface area contributed by atoms with Gasteiger partial charge in [-0.2, -0.15) is 0 Å². The predicted molar refractivity (Wildman–Crippen MR) is 65.0 cm³/mol. The van der Waals surface area contributed by atoms with Gasteiger partial charge in [0.1, 0.15) is 0 Å². The van der Waals surface area contributed by atoms with Crippen molar-refractivity contribution >= 4 is 5.91 Å². The first kappa shape index (κ1) is 11.2. The molecule has 1 aliphatic rings. The van der Waals surface area contributed by atoms with Crippen LogP contribution in [0.3, 0.4) is 0 Å². The Bertz CT molecular complexity index is 365. The topological polar surface area (TPSA) is 20.3 Å². The molecule has 0 bridgehead atoms. The Morgan fingerprint density at radius 1 is 1.25 bits per heavy atom.